The van der Waals surface area contributed by atoms with Crippen LogP contribution < -0.4 is 10.5 Å². The molecule has 2 aliphatic rings. The highest BCUT2D eigenvalue weighted by Gasteiger charge is 2.57. The van der Waals surface area contributed by atoms with Crippen molar-refractivity contribution in [3.8, 4) is 5.88 Å². The van der Waals surface area contributed by atoms with Gasteiger partial charge in [-0.05, 0) is 31.0 Å². The summed E-state index contributed by atoms with van der Waals surface area (Å²) < 4.78 is 24.9. The molecular weight excluding hydrogens is 351 g/mol. The lowest BCUT2D eigenvalue weighted by atomic mass is 9.85. The van der Waals surface area contributed by atoms with Gasteiger partial charge in [0.25, 0.3) is 6.02 Å². The number of Topliss-reactive ketones (excluding diaryl/α,β-unsaturated/α-hetero) is 1. The smallest absolute Gasteiger partial charge is 0.283 e. The number of nitrogens with two attached hydrogens (primary N) is 1. The Labute approximate surface area is 155 Å². The van der Waals surface area contributed by atoms with E-state index < -0.39 is 5.54 Å². The van der Waals surface area contributed by atoms with E-state index in [1.807, 2.05) is 6.92 Å². The van der Waals surface area contributed by atoms with Crippen molar-refractivity contribution in [3.05, 3.63) is 53.2 Å². The summed E-state index contributed by atoms with van der Waals surface area (Å²) in [6, 6.07) is 4.71. The van der Waals surface area contributed by atoms with Crippen molar-refractivity contribution in [2.24, 2.45) is 16.6 Å². The molecule has 0 bridgehead atoms. The molecule has 2 aromatic rings. The molecule has 8 heteroatoms. The SMILES string of the molecule is COc1cnc(C(=O)Cc2ccc(F)c([C@@]3(C)N=C(N)O[C@@H]4C[C@@H]43)c2)cn1. The molecule has 0 spiro atoms. The Balaban J connectivity index is 1.61. The highest BCUT2D eigenvalue weighted by Crippen LogP contribution is 2.53. The molecule has 1 aliphatic carbocycles. The number of nitrogens with zero attached hydrogens (tertiary/aromatic N) is 3. The number of hydrogen-bond acceptors (Lipinski definition) is 7. The number of amidine groups is 1. The molecule has 2 N–H and O–H groups in total. The average Bonchev–Trinajstić information content (AvgIpc) is 3.43. The fraction of sp³-hybridized carbons (Fsp3) is 0.368. The topological polar surface area (TPSA) is 99.7 Å². The quantitative estimate of drug-likeness (QED) is 0.808. The monoisotopic (exact) mass is 370 g/mol. The fourth-order valence-corrected chi connectivity index (χ4v) is 3.56. The Kier molecular flexibility index (Phi) is 4.05. The summed E-state index contributed by atoms with van der Waals surface area (Å²) in [7, 11) is 1.47. The zero-order chi connectivity index (χ0) is 19.2. The van der Waals surface area contributed by atoms with Gasteiger partial charge in [0.05, 0.1) is 25.0 Å². The Bertz CT molecular complexity index is 931. The standard InChI is InChI=1S/C19H19FN4O3/c1-19(12-7-16(12)27-18(21)24-19)11-5-10(3-4-13(11)20)6-15(25)14-8-23-17(26-2)9-22-14/h3-5,8-9,12,16H,6-7H2,1-2H3,(H2,21,24)/t12-,16+,19+/m0/s1. The van der Waals surface area contributed by atoms with Gasteiger partial charge in [-0.3, -0.25) is 4.79 Å². The molecule has 0 saturated heterocycles. The van der Waals surface area contributed by atoms with E-state index in [4.69, 9.17) is 15.2 Å². The second-order valence-electron chi connectivity index (χ2n) is 6.95. The van der Waals surface area contributed by atoms with Crippen molar-refractivity contribution < 1.29 is 18.7 Å². The van der Waals surface area contributed by atoms with E-state index in [1.54, 1.807) is 12.1 Å². The van der Waals surface area contributed by atoms with Crippen LogP contribution in [0.4, 0.5) is 4.39 Å². The zero-order valence-electron chi connectivity index (χ0n) is 15.0. The maximum Gasteiger partial charge on any atom is 0.283 e. The number of ether oxygens (including phenoxy) is 2. The van der Waals surface area contributed by atoms with Crippen LogP contribution in [-0.2, 0) is 16.7 Å². The maximum absolute atomic E-state index is 14.6. The molecule has 3 atom stereocenters. The van der Waals surface area contributed by atoms with E-state index in [0.29, 0.717) is 17.0 Å². The number of halogens is 1. The largest absolute Gasteiger partial charge is 0.480 e. The van der Waals surface area contributed by atoms with E-state index in [9.17, 15) is 9.18 Å². The van der Waals surface area contributed by atoms with Gasteiger partial charge in [0, 0.05) is 17.9 Å². The third-order valence-electron chi connectivity index (χ3n) is 5.13. The molecule has 1 saturated carbocycles. The number of aliphatic imine (C=N–C) groups is 1. The Hall–Kier alpha value is -3.03. The molecule has 0 unspecified atom stereocenters. The van der Waals surface area contributed by atoms with Crippen molar-refractivity contribution >= 4 is 11.8 Å². The van der Waals surface area contributed by atoms with Crippen LogP contribution in [0.3, 0.4) is 0 Å². The average molecular weight is 370 g/mol. The molecule has 1 aromatic heterocycles. The fourth-order valence-electron chi connectivity index (χ4n) is 3.56. The Morgan fingerprint density at radius 2 is 2.22 bits per heavy atom. The van der Waals surface area contributed by atoms with Crippen LogP contribution in [0.15, 0.2) is 35.6 Å². The first-order chi connectivity index (χ1) is 12.9. The number of ketones is 1. The predicted molar refractivity (Wildman–Crippen MR) is 95.0 cm³/mol. The number of methoxy groups -OCH3 is 1. The number of carbonyl (C=O) groups excluding carboxylic acids is 1. The molecule has 1 aliphatic heterocycles. The summed E-state index contributed by atoms with van der Waals surface area (Å²) in [5.41, 5.74) is 6.29. The van der Waals surface area contributed by atoms with Crippen LogP contribution in [0.5, 0.6) is 5.88 Å². The molecule has 27 heavy (non-hydrogen) atoms. The molecule has 0 amide bonds. The van der Waals surface area contributed by atoms with Crippen molar-refractivity contribution in [1.82, 2.24) is 9.97 Å². The van der Waals surface area contributed by atoms with E-state index in [-0.39, 0.29) is 41.8 Å². The first kappa shape index (κ1) is 17.4. The van der Waals surface area contributed by atoms with Gasteiger partial charge >= 0.3 is 0 Å². The van der Waals surface area contributed by atoms with Crippen LogP contribution in [0.25, 0.3) is 0 Å². The van der Waals surface area contributed by atoms with Gasteiger partial charge < -0.3 is 15.2 Å². The molecule has 0 radical (unpaired) electrons. The van der Waals surface area contributed by atoms with Crippen LogP contribution in [0, 0.1) is 11.7 Å². The lowest BCUT2D eigenvalue weighted by Gasteiger charge is -2.30. The summed E-state index contributed by atoms with van der Waals surface area (Å²) in [6.45, 7) is 1.85. The van der Waals surface area contributed by atoms with Crippen molar-refractivity contribution in [2.75, 3.05) is 7.11 Å². The van der Waals surface area contributed by atoms with Crippen LogP contribution in [0.1, 0.15) is 35.0 Å². The summed E-state index contributed by atoms with van der Waals surface area (Å²) in [5, 5.41) is 0. The van der Waals surface area contributed by atoms with Crippen LogP contribution >= 0.6 is 0 Å². The van der Waals surface area contributed by atoms with Crippen molar-refractivity contribution in [1.29, 1.82) is 0 Å². The number of carbonyl (C=O) groups is 1. The van der Waals surface area contributed by atoms with E-state index in [0.717, 1.165) is 6.42 Å². The first-order valence-corrected chi connectivity index (χ1v) is 8.61. The Morgan fingerprint density at radius 1 is 1.41 bits per heavy atom. The summed E-state index contributed by atoms with van der Waals surface area (Å²) in [4.78, 5) is 24.9. The van der Waals surface area contributed by atoms with Crippen LogP contribution in [0.2, 0.25) is 0 Å². The number of benzene rings is 1. The van der Waals surface area contributed by atoms with Gasteiger partial charge in [0.1, 0.15) is 17.6 Å². The normalized spacial score (nSPS) is 25.8. The highest BCUT2D eigenvalue weighted by atomic mass is 19.1. The molecule has 4 rings (SSSR count). The lowest BCUT2D eigenvalue weighted by Crippen LogP contribution is -2.35. The summed E-state index contributed by atoms with van der Waals surface area (Å²) in [6.07, 6.45) is 3.59. The van der Waals surface area contributed by atoms with Crippen molar-refractivity contribution in [3.63, 3.8) is 0 Å². The summed E-state index contributed by atoms with van der Waals surface area (Å²) in [5.74, 6) is -0.176. The van der Waals surface area contributed by atoms with Gasteiger partial charge in [-0.1, -0.05) is 6.07 Å². The van der Waals surface area contributed by atoms with Gasteiger partial charge in [0.2, 0.25) is 5.88 Å². The number of fused-ring (bicyclic) bond motifs is 1. The van der Waals surface area contributed by atoms with E-state index in [1.165, 1.54) is 25.6 Å². The highest BCUT2D eigenvalue weighted by molar-refractivity contribution is 5.95. The van der Waals surface area contributed by atoms with Gasteiger partial charge in [-0.25, -0.2) is 19.4 Å². The maximum atomic E-state index is 14.6. The third kappa shape index (κ3) is 3.11. The van der Waals surface area contributed by atoms with Crippen LogP contribution in [-0.4, -0.2) is 35.0 Å². The minimum absolute atomic E-state index is 0.0215. The second kappa shape index (κ2) is 6.29. The zero-order valence-corrected chi connectivity index (χ0v) is 15.0. The number of rotatable bonds is 5. The molecule has 140 valence electrons. The van der Waals surface area contributed by atoms with Gasteiger partial charge in [-0.15, -0.1) is 0 Å². The molecule has 7 nitrogen and oxygen atoms in total. The van der Waals surface area contributed by atoms with E-state index >= 15 is 0 Å². The number of aromatic nitrogens is 2. The van der Waals surface area contributed by atoms with Crippen molar-refractivity contribution in [2.45, 2.75) is 31.4 Å². The molecule has 1 aromatic carbocycles. The van der Waals surface area contributed by atoms with Gasteiger partial charge in [-0.2, -0.15) is 0 Å². The molecule has 1 fully saturated rings. The summed E-state index contributed by atoms with van der Waals surface area (Å²) >= 11 is 0. The lowest BCUT2D eigenvalue weighted by molar-refractivity contribution is 0.0987. The molecular formula is C19H19FN4O3. The second-order valence-corrected chi connectivity index (χ2v) is 6.95. The first-order valence-electron chi connectivity index (χ1n) is 8.61. The number of hydrogen-bond donors (Lipinski definition) is 1. The Morgan fingerprint density at radius 3 is 2.93 bits per heavy atom. The molecule has 2 heterocycles. The minimum Gasteiger partial charge on any atom is -0.480 e. The van der Waals surface area contributed by atoms with Gasteiger partial charge in [0.15, 0.2) is 5.78 Å². The third-order valence-corrected chi connectivity index (χ3v) is 5.13. The van der Waals surface area contributed by atoms with E-state index in [2.05, 4.69) is 15.0 Å². The predicted octanol–water partition coefficient (Wildman–Crippen LogP) is 2.00. The minimum atomic E-state index is -0.796.